The summed E-state index contributed by atoms with van der Waals surface area (Å²) in [6, 6.07) is 0. The van der Waals surface area contributed by atoms with Crippen LogP contribution in [0.1, 0.15) is 73.6 Å². The number of ketones is 2. The quantitative estimate of drug-likeness (QED) is 0.491. The lowest BCUT2D eigenvalue weighted by atomic mass is 9.53. The van der Waals surface area contributed by atoms with E-state index >= 15 is 0 Å². The van der Waals surface area contributed by atoms with Gasteiger partial charge in [-0.15, -0.1) is 0 Å². The summed E-state index contributed by atoms with van der Waals surface area (Å²) in [4.78, 5) is 25.4. The summed E-state index contributed by atoms with van der Waals surface area (Å²) >= 11 is 0. The molecule has 0 aromatic heterocycles. The summed E-state index contributed by atoms with van der Waals surface area (Å²) in [6.45, 7) is 13.8. The molecule has 0 bridgehead atoms. The molecule has 4 aliphatic rings. The van der Waals surface area contributed by atoms with E-state index in [1.54, 1.807) is 0 Å². The third kappa shape index (κ3) is 3.22. The lowest BCUT2D eigenvalue weighted by molar-refractivity contribution is -0.116. The second-order valence-electron chi connectivity index (χ2n) is 11.2. The van der Waals surface area contributed by atoms with Crippen LogP contribution in [0.25, 0.3) is 0 Å². The molecule has 0 aliphatic heterocycles. The summed E-state index contributed by atoms with van der Waals surface area (Å²) in [7, 11) is 0. The van der Waals surface area contributed by atoms with E-state index in [0.717, 1.165) is 24.8 Å². The number of fused-ring (bicyclic) bond motifs is 4. The summed E-state index contributed by atoms with van der Waals surface area (Å²) < 4.78 is 0. The van der Waals surface area contributed by atoms with E-state index in [4.69, 9.17) is 0 Å². The fourth-order valence-corrected chi connectivity index (χ4v) is 6.67. The Morgan fingerprint density at radius 2 is 1.73 bits per heavy atom. The van der Waals surface area contributed by atoms with Crippen LogP contribution >= 0.6 is 0 Å². The average molecular weight is 407 g/mol. The standard InChI is InChI=1S/C28H38O2/c1-17(2)18(3)7-8-19(4)24-16-25(30)26-22-10-9-20-15-21(29)11-13-27(20,5)23(22)12-14-28(24,26)6/h7-10,15,17-19,23-24H,11-14,16H2,1-6H3/b8-7+/t18-,19-,23-,24+,27-,28+/m0/s1. The second kappa shape index (κ2) is 7.46. The Balaban J connectivity index is 1.71. The van der Waals surface area contributed by atoms with Crippen LogP contribution < -0.4 is 0 Å². The van der Waals surface area contributed by atoms with Crippen molar-refractivity contribution in [3.63, 3.8) is 0 Å². The Morgan fingerprint density at radius 1 is 1.00 bits per heavy atom. The Kier molecular flexibility index (Phi) is 5.36. The third-order valence-electron chi connectivity index (χ3n) is 9.17. The predicted molar refractivity (Wildman–Crippen MR) is 123 cm³/mol. The molecule has 1 fully saturated rings. The van der Waals surface area contributed by atoms with E-state index in [1.807, 2.05) is 6.08 Å². The smallest absolute Gasteiger partial charge is 0.160 e. The Hall–Kier alpha value is -1.70. The van der Waals surface area contributed by atoms with E-state index in [2.05, 4.69) is 65.8 Å². The molecule has 0 heterocycles. The highest BCUT2D eigenvalue weighted by Gasteiger charge is 2.56. The van der Waals surface area contributed by atoms with Gasteiger partial charge in [0.15, 0.2) is 11.6 Å². The lowest BCUT2D eigenvalue weighted by Gasteiger charge is -2.50. The monoisotopic (exact) mass is 406 g/mol. The SMILES string of the molecule is CC(C)[C@@H](C)/C=C/[C@H](C)[C@H]1CC(=O)C2=C3C=CC4=CC(=O)CC[C@]4(C)[C@H]3CC[C@@]21C. The molecule has 162 valence electrons. The van der Waals surface area contributed by atoms with Crippen LogP contribution in [-0.4, -0.2) is 11.6 Å². The van der Waals surface area contributed by atoms with Gasteiger partial charge < -0.3 is 0 Å². The molecular formula is C28H38O2. The van der Waals surface area contributed by atoms with Gasteiger partial charge in [-0.2, -0.15) is 0 Å². The van der Waals surface area contributed by atoms with Gasteiger partial charge in [0.1, 0.15) is 0 Å². The van der Waals surface area contributed by atoms with Gasteiger partial charge >= 0.3 is 0 Å². The first-order valence-corrected chi connectivity index (χ1v) is 12.0. The van der Waals surface area contributed by atoms with Gasteiger partial charge in [-0.1, -0.05) is 65.8 Å². The van der Waals surface area contributed by atoms with Crippen LogP contribution in [0.5, 0.6) is 0 Å². The first kappa shape index (κ1) is 21.5. The fourth-order valence-electron chi connectivity index (χ4n) is 6.67. The highest BCUT2D eigenvalue weighted by molar-refractivity contribution is 6.01. The molecule has 30 heavy (non-hydrogen) atoms. The van der Waals surface area contributed by atoms with Crippen molar-refractivity contribution < 1.29 is 9.59 Å². The summed E-state index contributed by atoms with van der Waals surface area (Å²) in [5.74, 6) is 2.98. The normalized spacial score (nSPS) is 37.9. The lowest BCUT2D eigenvalue weighted by Crippen LogP contribution is -2.42. The topological polar surface area (TPSA) is 34.1 Å². The highest BCUT2D eigenvalue weighted by Crippen LogP contribution is 2.62. The van der Waals surface area contributed by atoms with Crippen molar-refractivity contribution in [2.24, 2.45) is 40.4 Å². The van der Waals surface area contributed by atoms with Gasteiger partial charge in [-0.3, -0.25) is 9.59 Å². The molecule has 1 saturated carbocycles. The largest absolute Gasteiger partial charge is 0.295 e. The van der Waals surface area contributed by atoms with Crippen molar-refractivity contribution in [3.05, 3.63) is 47.1 Å². The summed E-state index contributed by atoms with van der Waals surface area (Å²) in [5.41, 5.74) is 3.56. The molecule has 0 saturated heterocycles. The maximum absolute atomic E-state index is 13.4. The van der Waals surface area contributed by atoms with Crippen molar-refractivity contribution in [1.29, 1.82) is 0 Å². The molecule has 4 aliphatic carbocycles. The zero-order chi connectivity index (χ0) is 21.8. The third-order valence-corrected chi connectivity index (χ3v) is 9.17. The molecule has 0 aromatic carbocycles. The molecule has 0 radical (unpaired) electrons. The van der Waals surface area contributed by atoms with Gasteiger partial charge in [0, 0.05) is 23.8 Å². The van der Waals surface area contributed by atoms with Crippen molar-refractivity contribution in [3.8, 4) is 0 Å². The van der Waals surface area contributed by atoms with E-state index in [-0.39, 0.29) is 16.6 Å². The summed E-state index contributed by atoms with van der Waals surface area (Å²) in [6.07, 6.45) is 15.3. The van der Waals surface area contributed by atoms with Crippen LogP contribution in [0.2, 0.25) is 0 Å². The summed E-state index contributed by atoms with van der Waals surface area (Å²) in [5, 5.41) is 0. The molecule has 0 N–H and O–H groups in total. The van der Waals surface area contributed by atoms with E-state index in [1.165, 1.54) is 11.1 Å². The molecule has 2 heteroatoms. The van der Waals surface area contributed by atoms with Crippen LogP contribution in [0.15, 0.2) is 47.1 Å². The minimum absolute atomic E-state index is 0.00288. The van der Waals surface area contributed by atoms with Gasteiger partial charge in [0.25, 0.3) is 0 Å². The van der Waals surface area contributed by atoms with Crippen LogP contribution in [0.4, 0.5) is 0 Å². The van der Waals surface area contributed by atoms with E-state index in [0.29, 0.717) is 48.2 Å². The van der Waals surface area contributed by atoms with Gasteiger partial charge in [0.2, 0.25) is 0 Å². The highest BCUT2D eigenvalue weighted by atomic mass is 16.1. The molecule has 0 aromatic rings. The molecule has 0 amide bonds. The molecule has 4 rings (SSSR count). The number of hydrogen-bond acceptors (Lipinski definition) is 2. The van der Waals surface area contributed by atoms with Crippen LogP contribution in [0.3, 0.4) is 0 Å². The maximum atomic E-state index is 13.4. The van der Waals surface area contributed by atoms with E-state index < -0.39 is 0 Å². The molecule has 0 unspecified atom stereocenters. The van der Waals surface area contributed by atoms with Crippen LogP contribution in [-0.2, 0) is 9.59 Å². The fraction of sp³-hybridized carbons (Fsp3) is 0.643. The van der Waals surface area contributed by atoms with Crippen molar-refractivity contribution in [2.45, 2.75) is 73.6 Å². The first-order valence-electron chi connectivity index (χ1n) is 12.0. The Bertz CT molecular complexity index is 882. The molecule has 0 spiro atoms. The van der Waals surface area contributed by atoms with Gasteiger partial charge in [-0.25, -0.2) is 0 Å². The number of carbonyl (C=O) groups excluding carboxylic acids is 2. The minimum atomic E-state index is -0.0276. The number of carbonyl (C=O) groups is 2. The predicted octanol–water partition coefficient (Wildman–Crippen LogP) is 6.64. The van der Waals surface area contributed by atoms with Crippen molar-refractivity contribution >= 4 is 11.6 Å². The maximum Gasteiger partial charge on any atom is 0.160 e. The first-order chi connectivity index (χ1) is 14.1. The van der Waals surface area contributed by atoms with Crippen molar-refractivity contribution in [2.75, 3.05) is 0 Å². The second-order valence-corrected chi connectivity index (χ2v) is 11.2. The number of Topliss-reactive ketones (excluding diaryl/α,β-unsaturated/α-hetero) is 1. The molecular weight excluding hydrogens is 368 g/mol. The van der Waals surface area contributed by atoms with Crippen LogP contribution in [0, 0.1) is 40.4 Å². The van der Waals surface area contributed by atoms with Gasteiger partial charge in [0.05, 0.1) is 0 Å². The number of rotatable bonds is 4. The zero-order valence-electron chi connectivity index (χ0n) is 19.6. The Labute approximate surface area is 182 Å². The minimum Gasteiger partial charge on any atom is -0.295 e. The van der Waals surface area contributed by atoms with Gasteiger partial charge in [-0.05, 0) is 71.5 Å². The molecule has 6 atom stereocenters. The zero-order valence-corrected chi connectivity index (χ0v) is 19.6. The Morgan fingerprint density at radius 3 is 2.43 bits per heavy atom. The number of hydrogen-bond donors (Lipinski definition) is 0. The van der Waals surface area contributed by atoms with E-state index in [9.17, 15) is 9.59 Å². The molecule has 2 nitrogen and oxygen atoms in total. The number of allylic oxidation sites excluding steroid dienone is 8. The average Bonchev–Trinajstić information content (AvgIpc) is 2.97. The van der Waals surface area contributed by atoms with Crippen molar-refractivity contribution in [1.82, 2.24) is 0 Å².